The number of anilines is 1. The van der Waals surface area contributed by atoms with Gasteiger partial charge in [0.05, 0.1) is 55.9 Å². The van der Waals surface area contributed by atoms with E-state index < -0.39 is 84.1 Å². The van der Waals surface area contributed by atoms with E-state index in [1.807, 2.05) is 90.9 Å². The second-order valence-corrected chi connectivity index (χ2v) is 24.3. The number of hydrogen-bond acceptors (Lipinski definition) is 13. The van der Waals surface area contributed by atoms with Gasteiger partial charge < -0.3 is 50.6 Å². The number of amides is 8. The Balaban J connectivity index is 1.12. The van der Waals surface area contributed by atoms with Gasteiger partial charge in [-0.1, -0.05) is 110 Å². The van der Waals surface area contributed by atoms with Gasteiger partial charge in [0, 0.05) is 52.9 Å². The van der Waals surface area contributed by atoms with Crippen LogP contribution in [0.1, 0.15) is 124 Å². The zero-order valence-electron chi connectivity index (χ0n) is 52.7. The first-order valence-corrected chi connectivity index (χ1v) is 30.6. The number of benzene rings is 2. The number of methoxy groups -OCH3 is 2. The van der Waals surface area contributed by atoms with Crippen LogP contribution >= 0.6 is 0 Å². The van der Waals surface area contributed by atoms with Gasteiger partial charge >= 0.3 is 6.09 Å². The summed E-state index contributed by atoms with van der Waals surface area (Å²) in [6, 6.07) is 11.8. The predicted octanol–water partition coefficient (Wildman–Crippen LogP) is 6.16. The molecule has 3 unspecified atom stereocenters. The van der Waals surface area contributed by atoms with Crippen molar-refractivity contribution in [3.05, 3.63) is 77.9 Å². The van der Waals surface area contributed by atoms with E-state index in [1.165, 1.54) is 14.2 Å². The summed E-state index contributed by atoms with van der Waals surface area (Å²) in [5, 5.41) is 14.0. The number of ether oxygens (including phenoxy) is 3. The largest absolute Gasteiger partial charge is 0.449 e. The molecule has 1 aliphatic heterocycles. The molecule has 85 heavy (non-hydrogen) atoms. The fourth-order valence-electron chi connectivity index (χ4n) is 12.3. The molecule has 2 fully saturated rings. The Kier molecular flexibility index (Phi) is 27.8. The minimum absolute atomic E-state index is 0.00766. The Morgan fingerprint density at radius 3 is 1.98 bits per heavy atom. The van der Waals surface area contributed by atoms with Crippen molar-refractivity contribution in [2.75, 3.05) is 60.4 Å². The molecule has 5 rings (SSSR count). The second-order valence-electron chi connectivity index (χ2n) is 24.3. The molecule has 0 spiro atoms. The van der Waals surface area contributed by atoms with E-state index in [-0.39, 0.29) is 67.9 Å². The molecule has 1 saturated heterocycles. The highest BCUT2D eigenvalue weighted by Crippen LogP contribution is 2.52. The number of fused-ring (bicyclic) bond motifs is 1. The van der Waals surface area contributed by atoms with Gasteiger partial charge in [-0.3, -0.25) is 43.3 Å². The lowest BCUT2D eigenvalue weighted by molar-refractivity contribution is -0.148. The van der Waals surface area contributed by atoms with E-state index in [2.05, 4.69) is 44.2 Å². The highest BCUT2D eigenvalue weighted by Gasteiger charge is 2.49. The van der Waals surface area contributed by atoms with E-state index in [4.69, 9.17) is 19.0 Å². The smallest absolute Gasteiger partial charge is 0.407 e. The zero-order valence-corrected chi connectivity index (χ0v) is 52.7. The van der Waals surface area contributed by atoms with Gasteiger partial charge in [0.1, 0.15) is 18.1 Å². The van der Waals surface area contributed by atoms with Crippen molar-refractivity contribution in [2.24, 2.45) is 41.4 Å². The summed E-state index contributed by atoms with van der Waals surface area (Å²) in [7, 11) is 8.43. The Morgan fingerprint density at radius 2 is 1.39 bits per heavy atom. The third-order valence-electron chi connectivity index (χ3n) is 17.3. The van der Waals surface area contributed by atoms with E-state index in [0.717, 1.165) is 31.2 Å². The average Bonchev–Trinajstić information content (AvgIpc) is 2.31. The Hall–Kier alpha value is -6.42. The van der Waals surface area contributed by atoms with Crippen LogP contribution in [-0.4, -0.2) is 166 Å². The molecular formula is C64H99N9O12. The van der Waals surface area contributed by atoms with Crippen molar-refractivity contribution < 1.29 is 57.4 Å². The highest BCUT2D eigenvalue weighted by molar-refractivity contribution is 5.97. The number of hydroxylamine groups is 1. The molecular weight excluding hydrogens is 1090 g/mol. The molecule has 21 heteroatoms. The molecule has 8 amide bonds. The summed E-state index contributed by atoms with van der Waals surface area (Å²) in [5.41, 5.74) is 4.42. The number of nitrogens with one attached hydrogen (secondary N) is 6. The van der Waals surface area contributed by atoms with Crippen LogP contribution in [-0.2, 0) is 65.6 Å². The lowest BCUT2D eigenvalue weighted by atomic mass is 9.89. The summed E-state index contributed by atoms with van der Waals surface area (Å²) in [5.74, 6) is -2.13. The minimum atomic E-state index is -1.06. The number of hydrogen-bond donors (Lipinski definition) is 6. The normalized spacial score (nSPS) is 20.6. The molecule has 0 radical (unpaired) electrons. The average molecular weight is 1190 g/mol. The van der Waals surface area contributed by atoms with Gasteiger partial charge in [-0.15, -0.1) is 0 Å². The molecule has 472 valence electrons. The third-order valence-corrected chi connectivity index (χ3v) is 17.3. The maximum atomic E-state index is 14.5. The van der Waals surface area contributed by atoms with Crippen molar-refractivity contribution in [2.45, 2.75) is 175 Å². The number of carbonyl (C=O) groups is 8. The van der Waals surface area contributed by atoms with Crippen LogP contribution in [0.2, 0.25) is 0 Å². The monoisotopic (exact) mass is 1190 g/mol. The molecule has 2 aromatic rings. The lowest BCUT2D eigenvalue weighted by Gasteiger charge is -2.41. The van der Waals surface area contributed by atoms with Crippen LogP contribution in [0, 0.1) is 41.4 Å². The fourth-order valence-corrected chi connectivity index (χ4v) is 12.3. The van der Waals surface area contributed by atoms with Crippen molar-refractivity contribution >= 4 is 53.1 Å². The van der Waals surface area contributed by atoms with Crippen LogP contribution in [0.3, 0.4) is 0 Å². The number of allylic oxidation sites excluding steroid dienone is 2. The quantitative estimate of drug-likeness (QED) is 0.0355. The lowest BCUT2D eigenvalue weighted by Crippen LogP contribution is -2.59. The molecule has 1 heterocycles. The Bertz CT molecular complexity index is 2510. The molecule has 0 bridgehead atoms. The first kappa shape index (κ1) is 69.4. The van der Waals surface area contributed by atoms with E-state index in [0.29, 0.717) is 61.4 Å². The number of likely N-dealkylation sites (tertiary alicyclic amines) is 1. The van der Waals surface area contributed by atoms with Crippen LogP contribution in [0.4, 0.5) is 10.5 Å². The van der Waals surface area contributed by atoms with Crippen molar-refractivity contribution in [3.8, 4) is 0 Å². The van der Waals surface area contributed by atoms with Gasteiger partial charge in [0.15, 0.2) is 0 Å². The summed E-state index contributed by atoms with van der Waals surface area (Å²) in [4.78, 5) is 120. The summed E-state index contributed by atoms with van der Waals surface area (Å²) in [6.07, 6.45) is 8.80. The van der Waals surface area contributed by atoms with Crippen LogP contribution in [0.5, 0.6) is 0 Å². The highest BCUT2D eigenvalue weighted by atomic mass is 16.7. The molecule has 12 atom stereocenters. The summed E-state index contributed by atoms with van der Waals surface area (Å²) in [6.45, 7) is 15.9. The Labute approximate surface area is 504 Å². The van der Waals surface area contributed by atoms with E-state index in [9.17, 15) is 38.4 Å². The van der Waals surface area contributed by atoms with Crippen molar-refractivity contribution in [1.29, 1.82) is 0 Å². The molecule has 2 aromatic carbocycles. The molecule has 3 aliphatic rings. The predicted molar refractivity (Wildman–Crippen MR) is 325 cm³/mol. The van der Waals surface area contributed by atoms with Gasteiger partial charge in [0.25, 0.3) is 5.91 Å². The minimum Gasteiger partial charge on any atom is -0.449 e. The number of rotatable bonds is 32. The van der Waals surface area contributed by atoms with Crippen molar-refractivity contribution in [3.63, 3.8) is 0 Å². The molecule has 0 aromatic heterocycles. The maximum absolute atomic E-state index is 14.5. The molecule has 6 N–H and O–H groups in total. The molecule has 1 saturated carbocycles. The number of carbonyl (C=O) groups excluding carboxylic acids is 8. The van der Waals surface area contributed by atoms with Gasteiger partial charge in [-0.25, -0.2) is 10.3 Å². The third kappa shape index (κ3) is 20.3. The van der Waals surface area contributed by atoms with Crippen LogP contribution < -0.4 is 32.1 Å². The van der Waals surface area contributed by atoms with Crippen LogP contribution in [0.15, 0.2) is 66.7 Å². The van der Waals surface area contributed by atoms with E-state index >= 15 is 0 Å². The molecule has 21 nitrogen and oxygen atoms in total. The zero-order chi connectivity index (χ0) is 62.5. The second kappa shape index (κ2) is 34.1. The topological polar surface area (TPSA) is 255 Å². The van der Waals surface area contributed by atoms with Crippen LogP contribution in [0.25, 0.3) is 0 Å². The number of likely N-dealkylation sites (N-methyl/N-ethyl adjacent to an activating group) is 2. The maximum Gasteiger partial charge on any atom is 0.407 e. The summed E-state index contributed by atoms with van der Waals surface area (Å²) < 4.78 is 17.6. The van der Waals surface area contributed by atoms with Gasteiger partial charge in [-0.2, -0.15) is 0 Å². The number of nitrogens with zero attached hydrogens (tertiary/aromatic N) is 3. The Morgan fingerprint density at radius 1 is 0.729 bits per heavy atom. The fraction of sp³-hybridized carbons (Fsp3) is 0.656. The van der Waals surface area contributed by atoms with Gasteiger partial charge in [-0.05, 0) is 118 Å². The SMILES string of the molecule is CC[C@H](C)[C@@H]([C@@H](CC(=O)N1CCCC1[C@H](OC)[C@@H](C)C(=O)N[C@@H](Cc1ccccc1)C(=O)NOCc1ccc(NC(=O)[C@@H](C)NC(=O)CCNC(=O)OCC2C3CCC=CCCC32)cc1)OC)N(C)C(=O)[C@@H](NC(=O)[C@H](C(C)C)N(C)C)C(C)C. The molecule has 2 aliphatic carbocycles. The standard InChI is InChI=1S/C64H99N9O12/c1-14-41(6)57(72(11)63(80)55(39(2)3)69-62(79)56(40(4)5)71(9)10)52(82-12)36-54(75)73-34-22-27-51(73)58(83-13)42(7)59(76)68-50(35-44-23-18-17-19-24-44)61(78)70-85-37-45-28-30-46(31-29-45)67-60(77)43(8)66-53(74)32-33-65-64(81)84-38-49-47-25-20-15-16-21-26-48(47)49/h15-19,23-24,28-31,39-43,47-52,55-58H,14,20-22,25-27,32-38H2,1-13H3,(H,65,81)(H,66,74)(H,67,77)(H,68,76)(H,69,79)(H,70,78)/t41-,42+,43+,47?,48?,49?,50-,51?,52+,55-,56-,57-,58+/m0/s1. The first-order valence-electron chi connectivity index (χ1n) is 30.6. The summed E-state index contributed by atoms with van der Waals surface area (Å²) >= 11 is 0. The number of alkyl carbamates (subject to hydrolysis) is 1. The van der Waals surface area contributed by atoms with Gasteiger partial charge in [0.2, 0.25) is 35.4 Å². The first-order chi connectivity index (χ1) is 40.5. The van der Waals surface area contributed by atoms with E-state index in [1.54, 1.807) is 55.0 Å². The van der Waals surface area contributed by atoms with Crippen molar-refractivity contribution in [1.82, 2.24) is 41.4 Å².